The Bertz CT molecular complexity index is 460. The predicted molar refractivity (Wildman–Crippen MR) is 72.9 cm³/mol. The second-order valence-electron chi connectivity index (χ2n) is 5.31. The highest BCUT2D eigenvalue weighted by Crippen LogP contribution is 2.24. The zero-order valence-corrected chi connectivity index (χ0v) is 11.5. The van der Waals surface area contributed by atoms with E-state index in [1.54, 1.807) is 0 Å². The van der Waals surface area contributed by atoms with Crippen molar-refractivity contribution in [3.05, 3.63) is 35.4 Å². The van der Waals surface area contributed by atoms with Crippen LogP contribution in [0.15, 0.2) is 24.3 Å². The molecule has 4 nitrogen and oxygen atoms in total. The molecule has 2 rings (SSSR count). The van der Waals surface area contributed by atoms with Gasteiger partial charge in [-0.2, -0.15) is 0 Å². The Morgan fingerprint density at radius 3 is 3.00 bits per heavy atom. The number of ether oxygens (including phenoxy) is 1. The van der Waals surface area contributed by atoms with Crippen LogP contribution in [0.3, 0.4) is 0 Å². The van der Waals surface area contributed by atoms with Gasteiger partial charge in [0.25, 0.3) is 0 Å². The first-order valence-corrected chi connectivity index (χ1v) is 6.66. The highest BCUT2D eigenvalue weighted by atomic mass is 16.5. The number of carbonyl (C=O) groups is 1. The van der Waals surface area contributed by atoms with Crippen LogP contribution < -0.4 is 5.32 Å². The van der Waals surface area contributed by atoms with E-state index in [-0.39, 0.29) is 18.6 Å². The van der Waals surface area contributed by atoms with Crippen molar-refractivity contribution in [1.29, 1.82) is 0 Å². The molecule has 0 spiro atoms. The van der Waals surface area contributed by atoms with Crippen LogP contribution in [0.5, 0.6) is 0 Å². The third kappa shape index (κ3) is 3.55. The summed E-state index contributed by atoms with van der Waals surface area (Å²) in [6.07, 6.45) is 0.679. The van der Waals surface area contributed by atoms with Gasteiger partial charge in [-0.1, -0.05) is 29.8 Å². The summed E-state index contributed by atoms with van der Waals surface area (Å²) < 4.78 is 5.33. The zero-order chi connectivity index (χ0) is 13.9. The Balaban J connectivity index is 1.85. The average Bonchev–Trinajstić information content (AvgIpc) is 2.68. The van der Waals surface area contributed by atoms with E-state index in [0.29, 0.717) is 19.4 Å². The van der Waals surface area contributed by atoms with E-state index < -0.39 is 5.60 Å². The maximum absolute atomic E-state index is 11.9. The van der Waals surface area contributed by atoms with Crippen LogP contribution in [-0.2, 0) is 16.0 Å². The summed E-state index contributed by atoms with van der Waals surface area (Å²) in [7, 11) is 0. The summed E-state index contributed by atoms with van der Waals surface area (Å²) >= 11 is 0. The molecule has 104 valence electrons. The fraction of sp³-hybridized carbons (Fsp3) is 0.533. The number of aliphatic hydroxyl groups is 1. The minimum Gasteiger partial charge on any atom is -0.385 e. The molecule has 0 radical (unpaired) electrons. The summed E-state index contributed by atoms with van der Waals surface area (Å²) in [4.78, 5) is 11.9. The second kappa shape index (κ2) is 5.72. The number of benzene rings is 1. The Labute approximate surface area is 113 Å². The van der Waals surface area contributed by atoms with Crippen molar-refractivity contribution in [2.45, 2.75) is 38.4 Å². The third-order valence-corrected chi connectivity index (χ3v) is 3.70. The Morgan fingerprint density at radius 2 is 2.37 bits per heavy atom. The smallest absolute Gasteiger partial charge is 0.224 e. The normalized spacial score (nSPS) is 26.4. The molecule has 1 heterocycles. The third-order valence-electron chi connectivity index (χ3n) is 3.70. The highest BCUT2D eigenvalue weighted by molar-refractivity contribution is 5.78. The lowest BCUT2D eigenvalue weighted by molar-refractivity contribution is -0.122. The van der Waals surface area contributed by atoms with Crippen LogP contribution in [0.1, 0.15) is 24.5 Å². The van der Waals surface area contributed by atoms with Crippen molar-refractivity contribution in [2.75, 3.05) is 13.2 Å². The first kappa shape index (κ1) is 14.0. The van der Waals surface area contributed by atoms with Gasteiger partial charge in [0.15, 0.2) is 0 Å². The number of carbonyl (C=O) groups excluding carboxylic acids is 1. The van der Waals surface area contributed by atoms with Crippen molar-refractivity contribution in [2.24, 2.45) is 0 Å². The van der Waals surface area contributed by atoms with Gasteiger partial charge in [-0.05, 0) is 19.4 Å². The van der Waals surface area contributed by atoms with Crippen molar-refractivity contribution in [3.8, 4) is 0 Å². The molecule has 2 N–H and O–H groups in total. The number of hydrogen-bond acceptors (Lipinski definition) is 3. The van der Waals surface area contributed by atoms with Crippen molar-refractivity contribution < 1.29 is 14.6 Å². The summed E-state index contributed by atoms with van der Waals surface area (Å²) in [6.45, 7) is 4.63. The van der Waals surface area contributed by atoms with Crippen LogP contribution in [0.2, 0.25) is 0 Å². The average molecular weight is 263 g/mol. The van der Waals surface area contributed by atoms with E-state index in [1.165, 1.54) is 0 Å². The Hall–Kier alpha value is -1.39. The molecule has 0 aromatic heterocycles. The lowest BCUT2D eigenvalue weighted by atomic mass is 9.96. The first-order chi connectivity index (χ1) is 8.99. The maximum Gasteiger partial charge on any atom is 0.224 e. The molecule has 1 aromatic carbocycles. The fourth-order valence-corrected chi connectivity index (χ4v) is 2.32. The van der Waals surface area contributed by atoms with Crippen molar-refractivity contribution in [1.82, 2.24) is 5.32 Å². The molecule has 1 aromatic rings. The molecule has 2 unspecified atom stereocenters. The van der Waals surface area contributed by atoms with Crippen LogP contribution >= 0.6 is 0 Å². The lowest BCUT2D eigenvalue weighted by Crippen LogP contribution is -2.47. The Kier molecular flexibility index (Phi) is 4.22. The molecular weight excluding hydrogens is 242 g/mol. The molecular formula is C15H21NO3. The summed E-state index contributed by atoms with van der Waals surface area (Å²) in [5.74, 6) is -0.0712. The van der Waals surface area contributed by atoms with Gasteiger partial charge in [0, 0.05) is 19.6 Å². The number of hydrogen-bond donors (Lipinski definition) is 2. The van der Waals surface area contributed by atoms with E-state index in [4.69, 9.17) is 4.74 Å². The summed E-state index contributed by atoms with van der Waals surface area (Å²) in [6, 6.07) is 7.87. The minimum atomic E-state index is -0.928. The SMILES string of the molecule is Cc1cccc(CC(=O)NCC2(O)CCOC2C)c1. The molecule has 0 bridgehead atoms. The molecule has 1 amide bonds. The van der Waals surface area contributed by atoms with E-state index in [0.717, 1.165) is 11.1 Å². The van der Waals surface area contributed by atoms with E-state index >= 15 is 0 Å². The van der Waals surface area contributed by atoms with Crippen LogP contribution in [0.4, 0.5) is 0 Å². The Morgan fingerprint density at radius 1 is 1.58 bits per heavy atom. The number of nitrogens with one attached hydrogen (secondary N) is 1. The van der Waals surface area contributed by atoms with E-state index in [9.17, 15) is 9.90 Å². The highest BCUT2D eigenvalue weighted by Gasteiger charge is 2.39. The molecule has 1 fully saturated rings. The van der Waals surface area contributed by atoms with Gasteiger partial charge in [0.2, 0.25) is 5.91 Å². The standard InChI is InChI=1S/C15H21NO3/c1-11-4-3-5-13(8-11)9-14(17)16-10-15(18)6-7-19-12(15)2/h3-5,8,12,18H,6-7,9-10H2,1-2H3,(H,16,17). The molecule has 2 atom stereocenters. The molecule has 4 heteroatoms. The first-order valence-electron chi connectivity index (χ1n) is 6.66. The second-order valence-corrected chi connectivity index (χ2v) is 5.31. The summed E-state index contributed by atoms with van der Waals surface area (Å²) in [5, 5.41) is 13.1. The van der Waals surface area contributed by atoms with Crippen LogP contribution in [0.25, 0.3) is 0 Å². The van der Waals surface area contributed by atoms with E-state index in [2.05, 4.69) is 5.32 Å². The largest absolute Gasteiger partial charge is 0.385 e. The van der Waals surface area contributed by atoms with Gasteiger partial charge >= 0.3 is 0 Å². The van der Waals surface area contributed by atoms with Gasteiger partial charge < -0.3 is 15.2 Å². The number of aryl methyl sites for hydroxylation is 1. The number of rotatable bonds is 4. The van der Waals surface area contributed by atoms with Gasteiger partial charge in [-0.15, -0.1) is 0 Å². The molecule has 1 aliphatic heterocycles. The van der Waals surface area contributed by atoms with Gasteiger partial charge in [0.05, 0.1) is 12.5 Å². The van der Waals surface area contributed by atoms with Crippen molar-refractivity contribution in [3.63, 3.8) is 0 Å². The molecule has 1 aliphatic rings. The fourth-order valence-electron chi connectivity index (χ4n) is 2.32. The zero-order valence-electron chi connectivity index (χ0n) is 11.5. The summed E-state index contributed by atoms with van der Waals surface area (Å²) in [5.41, 5.74) is 1.20. The maximum atomic E-state index is 11.9. The van der Waals surface area contributed by atoms with E-state index in [1.807, 2.05) is 38.1 Å². The number of amides is 1. The van der Waals surface area contributed by atoms with Crippen molar-refractivity contribution >= 4 is 5.91 Å². The lowest BCUT2D eigenvalue weighted by Gasteiger charge is -2.26. The minimum absolute atomic E-state index is 0.0712. The molecule has 1 saturated heterocycles. The van der Waals surface area contributed by atoms with Gasteiger partial charge in [-0.3, -0.25) is 4.79 Å². The van der Waals surface area contributed by atoms with Gasteiger partial charge in [0.1, 0.15) is 5.60 Å². The van der Waals surface area contributed by atoms with Gasteiger partial charge in [-0.25, -0.2) is 0 Å². The predicted octanol–water partition coefficient (Wildman–Crippen LogP) is 1.19. The molecule has 0 aliphatic carbocycles. The molecule has 0 saturated carbocycles. The van der Waals surface area contributed by atoms with Crippen LogP contribution in [0, 0.1) is 6.92 Å². The topological polar surface area (TPSA) is 58.6 Å². The monoisotopic (exact) mass is 263 g/mol. The van der Waals surface area contributed by atoms with Crippen LogP contribution in [-0.4, -0.2) is 35.9 Å². The quantitative estimate of drug-likeness (QED) is 0.858. The molecule has 19 heavy (non-hydrogen) atoms.